The van der Waals surface area contributed by atoms with E-state index in [1.54, 1.807) is 0 Å². The monoisotopic (exact) mass is 342 g/mol. The Morgan fingerprint density at radius 2 is 2.12 bits per heavy atom. The van der Waals surface area contributed by atoms with Gasteiger partial charge in [0.1, 0.15) is 12.2 Å². The minimum Gasteiger partial charge on any atom is -0.379 e. The molecule has 0 aromatic carbocycles. The molecule has 0 radical (unpaired) electrons. The standard InChI is InChI=1S/C16H24F2N4O2/c17-16(18)14-10-13(12-2-3-12)20-22(14)11-15(23)19-4-1-5-21-6-8-24-9-7-21/h10,12,16H,1-9,11H2,(H,19,23). The van der Waals surface area contributed by atoms with Crippen molar-refractivity contribution in [3.63, 3.8) is 0 Å². The van der Waals surface area contributed by atoms with Crippen molar-refractivity contribution in [1.82, 2.24) is 20.0 Å². The van der Waals surface area contributed by atoms with Crippen molar-refractivity contribution in [2.45, 2.75) is 38.2 Å². The molecule has 1 aromatic rings. The van der Waals surface area contributed by atoms with Gasteiger partial charge in [-0.3, -0.25) is 14.4 Å². The van der Waals surface area contributed by atoms with Gasteiger partial charge in [0.15, 0.2) is 0 Å². The highest BCUT2D eigenvalue weighted by Gasteiger charge is 2.29. The molecule has 8 heteroatoms. The van der Waals surface area contributed by atoms with Gasteiger partial charge in [0.2, 0.25) is 5.91 Å². The molecule has 0 atom stereocenters. The summed E-state index contributed by atoms with van der Waals surface area (Å²) in [7, 11) is 0. The van der Waals surface area contributed by atoms with Crippen LogP contribution in [0.5, 0.6) is 0 Å². The first-order chi connectivity index (χ1) is 11.6. The van der Waals surface area contributed by atoms with Crippen LogP contribution in [0.15, 0.2) is 6.07 Å². The summed E-state index contributed by atoms with van der Waals surface area (Å²) < 4.78 is 32.6. The number of nitrogens with zero attached hydrogens (tertiary/aromatic N) is 3. The van der Waals surface area contributed by atoms with Crippen molar-refractivity contribution in [3.8, 4) is 0 Å². The van der Waals surface area contributed by atoms with Crippen molar-refractivity contribution in [3.05, 3.63) is 17.5 Å². The van der Waals surface area contributed by atoms with E-state index in [-0.39, 0.29) is 18.1 Å². The molecule has 134 valence electrons. The molecule has 24 heavy (non-hydrogen) atoms. The van der Waals surface area contributed by atoms with Crippen molar-refractivity contribution >= 4 is 5.91 Å². The Morgan fingerprint density at radius 1 is 1.38 bits per heavy atom. The van der Waals surface area contributed by atoms with E-state index < -0.39 is 6.43 Å². The van der Waals surface area contributed by atoms with E-state index in [4.69, 9.17) is 4.74 Å². The molecule has 1 N–H and O–H groups in total. The smallest absolute Gasteiger partial charge is 0.280 e. The van der Waals surface area contributed by atoms with Crippen LogP contribution in [-0.2, 0) is 16.1 Å². The first-order valence-corrected chi connectivity index (χ1v) is 8.56. The van der Waals surface area contributed by atoms with Gasteiger partial charge in [0.25, 0.3) is 6.43 Å². The number of rotatable bonds is 8. The molecule has 1 saturated carbocycles. The third kappa shape index (κ3) is 4.73. The van der Waals surface area contributed by atoms with Gasteiger partial charge in [-0.1, -0.05) is 0 Å². The zero-order valence-corrected chi connectivity index (χ0v) is 13.7. The van der Waals surface area contributed by atoms with Crippen LogP contribution in [0.2, 0.25) is 0 Å². The number of nitrogens with one attached hydrogen (secondary N) is 1. The fourth-order valence-electron chi connectivity index (χ4n) is 2.88. The second-order valence-corrected chi connectivity index (χ2v) is 6.38. The van der Waals surface area contributed by atoms with Crippen LogP contribution < -0.4 is 5.32 Å². The zero-order valence-electron chi connectivity index (χ0n) is 13.7. The third-order valence-corrected chi connectivity index (χ3v) is 4.42. The lowest BCUT2D eigenvalue weighted by Gasteiger charge is -2.26. The zero-order chi connectivity index (χ0) is 16.9. The molecule has 6 nitrogen and oxygen atoms in total. The van der Waals surface area contributed by atoms with E-state index in [0.717, 1.165) is 56.8 Å². The largest absolute Gasteiger partial charge is 0.379 e. The molecule has 0 spiro atoms. The Labute approximate surface area is 140 Å². The molecule has 2 heterocycles. The highest BCUT2D eigenvalue weighted by atomic mass is 19.3. The number of alkyl halides is 2. The van der Waals surface area contributed by atoms with E-state index in [2.05, 4.69) is 15.3 Å². The van der Waals surface area contributed by atoms with Gasteiger partial charge < -0.3 is 10.1 Å². The number of hydrogen-bond donors (Lipinski definition) is 1. The molecular formula is C16H24F2N4O2. The van der Waals surface area contributed by atoms with Gasteiger partial charge in [-0.2, -0.15) is 5.10 Å². The van der Waals surface area contributed by atoms with Gasteiger partial charge in [-0.25, -0.2) is 8.78 Å². The summed E-state index contributed by atoms with van der Waals surface area (Å²) in [5, 5.41) is 6.98. The SMILES string of the molecule is O=C(Cn1nc(C2CC2)cc1C(F)F)NCCCN1CCOCC1. The predicted octanol–water partition coefficient (Wildman–Crippen LogP) is 1.54. The van der Waals surface area contributed by atoms with Crippen LogP contribution in [0.1, 0.15) is 43.0 Å². The van der Waals surface area contributed by atoms with Crippen LogP contribution in [0, 0.1) is 0 Å². The number of amides is 1. The van der Waals surface area contributed by atoms with Gasteiger partial charge >= 0.3 is 0 Å². The van der Waals surface area contributed by atoms with E-state index in [1.807, 2.05) is 0 Å². The molecule has 2 fully saturated rings. The minimum absolute atomic E-state index is 0.149. The van der Waals surface area contributed by atoms with Gasteiger partial charge in [-0.05, 0) is 31.9 Å². The average molecular weight is 342 g/mol. The molecule has 1 aromatic heterocycles. The topological polar surface area (TPSA) is 59.4 Å². The van der Waals surface area contributed by atoms with E-state index >= 15 is 0 Å². The second kappa shape index (κ2) is 8.02. The number of ether oxygens (including phenoxy) is 1. The summed E-state index contributed by atoms with van der Waals surface area (Å²) in [5.74, 6) is 0.0182. The molecule has 0 unspecified atom stereocenters. The number of aromatic nitrogens is 2. The van der Waals surface area contributed by atoms with Gasteiger partial charge in [0.05, 0.1) is 18.9 Å². The number of carbonyl (C=O) groups excluding carboxylic acids is 1. The fourth-order valence-corrected chi connectivity index (χ4v) is 2.88. The van der Waals surface area contributed by atoms with Crippen molar-refractivity contribution in [2.75, 3.05) is 39.4 Å². The lowest BCUT2D eigenvalue weighted by Crippen LogP contribution is -2.38. The second-order valence-electron chi connectivity index (χ2n) is 6.38. The van der Waals surface area contributed by atoms with Crippen LogP contribution in [0.25, 0.3) is 0 Å². The summed E-state index contributed by atoms with van der Waals surface area (Å²) in [6.07, 6.45) is 0.208. The lowest BCUT2D eigenvalue weighted by atomic mass is 10.3. The summed E-state index contributed by atoms with van der Waals surface area (Å²) in [6.45, 7) is 4.64. The molecule has 3 rings (SSSR count). The van der Waals surface area contributed by atoms with Crippen molar-refractivity contribution < 1.29 is 18.3 Å². The molecular weight excluding hydrogens is 318 g/mol. The quantitative estimate of drug-likeness (QED) is 0.728. The summed E-state index contributed by atoms with van der Waals surface area (Å²) in [5.41, 5.74) is 0.519. The highest BCUT2D eigenvalue weighted by Crippen LogP contribution is 2.40. The summed E-state index contributed by atoms with van der Waals surface area (Å²) >= 11 is 0. The molecule has 1 aliphatic heterocycles. The summed E-state index contributed by atoms with van der Waals surface area (Å²) in [6, 6.07) is 1.44. The molecule has 2 aliphatic rings. The Balaban J connectivity index is 1.42. The highest BCUT2D eigenvalue weighted by molar-refractivity contribution is 5.75. The van der Waals surface area contributed by atoms with Crippen LogP contribution >= 0.6 is 0 Å². The van der Waals surface area contributed by atoms with Gasteiger partial charge in [0, 0.05) is 25.6 Å². The first-order valence-electron chi connectivity index (χ1n) is 8.56. The Morgan fingerprint density at radius 3 is 2.79 bits per heavy atom. The Bertz CT molecular complexity index is 554. The Kier molecular flexibility index (Phi) is 5.78. The number of morpholine rings is 1. The molecule has 1 aliphatic carbocycles. The number of carbonyl (C=O) groups is 1. The minimum atomic E-state index is -2.61. The van der Waals surface area contributed by atoms with E-state index in [0.29, 0.717) is 18.2 Å². The molecule has 1 saturated heterocycles. The maximum absolute atomic E-state index is 13.1. The Hall–Kier alpha value is -1.54. The maximum atomic E-state index is 13.1. The normalized spacial score (nSPS) is 19.0. The number of halogens is 2. The summed E-state index contributed by atoms with van der Waals surface area (Å²) in [4.78, 5) is 14.3. The maximum Gasteiger partial charge on any atom is 0.280 e. The van der Waals surface area contributed by atoms with E-state index in [9.17, 15) is 13.6 Å². The van der Waals surface area contributed by atoms with Crippen LogP contribution in [0.4, 0.5) is 8.78 Å². The average Bonchev–Trinajstić information content (AvgIpc) is 3.33. The van der Waals surface area contributed by atoms with Crippen LogP contribution in [-0.4, -0.2) is 60.0 Å². The van der Waals surface area contributed by atoms with Gasteiger partial charge in [-0.15, -0.1) is 0 Å². The first kappa shape index (κ1) is 17.3. The third-order valence-electron chi connectivity index (χ3n) is 4.42. The van der Waals surface area contributed by atoms with Crippen LogP contribution in [0.3, 0.4) is 0 Å². The lowest BCUT2D eigenvalue weighted by molar-refractivity contribution is -0.121. The fraction of sp³-hybridized carbons (Fsp3) is 0.750. The molecule has 1 amide bonds. The number of hydrogen-bond acceptors (Lipinski definition) is 4. The predicted molar refractivity (Wildman–Crippen MR) is 84.0 cm³/mol. The van der Waals surface area contributed by atoms with Crippen molar-refractivity contribution in [2.24, 2.45) is 0 Å². The molecule has 0 bridgehead atoms. The van der Waals surface area contributed by atoms with Crippen molar-refractivity contribution in [1.29, 1.82) is 0 Å². The van der Waals surface area contributed by atoms with E-state index in [1.165, 1.54) is 6.07 Å².